The molecule has 0 saturated carbocycles. The third-order valence-corrected chi connectivity index (χ3v) is 6.77. The molecule has 2 heterocycles. The monoisotopic (exact) mass is 539 g/mol. The maximum atomic E-state index is 13.9. The van der Waals surface area contributed by atoms with E-state index in [0.29, 0.717) is 22.0 Å². The Kier molecular flexibility index (Phi) is 6.55. The molecule has 2 aliphatic heterocycles. The first-order valence-electron chi connectivity index (χ1n) is 11.4. The summed E-state index contributed by atoms with van der Waals surface area (Å²) in [5.74, 6) is -1.19. The van der Waals surface area contributed by atoms with Crippen LogP contribution in [0.4, 0.5) is 17.1 Å². The highest BCUT2D eigenvalue weighted by molar-refractivity contribution is 6.31. The summed E-state index contributed by atoms with van der Waals surface area (Å²) in [5, 5.41) is 13.2. The number of halogens is 1. The highest BCUT2D eigenvalue weighted by Crippen LogP contribution is 2.53. The van der Waals surface area contributed by atoms with Crippen molar-refractivity contribution in [2.24, 2.45) is 5.92 Å². The molecule has 2 amide bonds. The maximum absolute atomic E-state index is 13.9. The highest BCUT2D eigenvalue weighted by atomic mass is 35.5. The molecule has 196 valence electrons. The minimum atomic E-state index is -1.21. The molecule has 0 unspecified atom stereocenters. The summed E-state index contributed by atoms with van der Waals surface area (Å²) < 4.78 is 16.6. The standard InChI is InChI=1S/C26H22ClN3O8/c1-35-19-11-10-18(22(36-2)23(19)37-3)21-20-24(38-29(21)16-8-5-9-17(13-16)30(33)34)26(32)28(25(20)31)15-7-4-6-14(27)12-15/h4-13,20-21,24H,1-3H3/t20-,21-,24+/m1/s1. The summed E-state index contributed by atoms with van der Waals surface area (Å²) in [6.45, 7) is 0. The van der Waals surface area contributed by atoms with Gasteiger partial charge in [-0.2, -0.15) is 0 Å². The smallest absolute Gasteiger partial charge is 0.271 e. The van der Waals surface area contributed by atoms with Crippen LogP contribution in [0.5, 0.6) is 17.2 Å². The Morgan fingerprint density at radius 2 is 1.61 bits per heavy atom. The molecule has 5 rings (SSSR count). The van der Waals surface area contributed by atoms with Crippen molar-refractivity contribution in [2.45, 2.75) is 12.1 Å². The van der Waals surface area contributed by atoms with Crippen LogP contribution in [0.3, 0.4) is 0 Å². The fourth-order valence-corrected chi connectivity index (χ4v) is 5.11. The third kappa shape index (κ3) is 3.96. The Morgan fingerprint density at radius 1 is 0.895 bits per heavy atom. The molecule has 11 nitrogen and oxygen atoms in total. The average Bonchev–Trinajstić information content (AvgIpc) is 3.43. The highest BCUT2D eigenvalue weighted by Gasteiger charge is 2.61. The van der Waals surface area contributed by atoms with Crippen LogP contribution in [-0.4, -0.2) is 44.2 Å². The molecule has 3 aromatic rings. The number of hydrogen-bond acceptors (Lipinski definition) is 9. The lowest BCUT2D eigenvalue weighted by Gasteiger charge is -2.30. The summed E-state index contributed by atoms with van der Waals surface area (Å²) in [5.41, 5.74) is 0.869. The van der Waals surface area contributed by atoms with Crippen molar-refractivity contribution in [1.82, 2.24) is 0 Å². The molecule has 2 saturated heterocycles. The van der Waals surface area contributed by atoms with Gasteiger partial charge in [0, 0.05) is 22.7 Å². The Labute approximate surface area is 222 Å². The molecule has 38 heavy (non-hydrogen) atoms. The quantitative estimate of drug-likeness (QED) is 0.245. The van der Waals surface area contributed by atoms with E-state index in [2.05, 4.69) is 0 Å². The number of nitro benzene ring substituents is 1. The number of carbonyl (C=O) groups is 2. The summed E-state index contributed by atoms with van der Waals surface area (Å²) in [4.78, 5) is 45.5. The number of ether oxygens (including phenoxy) is 3. The van der Waals surface area contributed by atoms with Crippen LogP contribution >= 0.6 is 11.6 Å². The van der Waals surface area contributed by atoms with E-state index in [1.165, 1.54) is 50.7 Å². The number of methoxy groups -OCH3 is 3. The van der Waals surface area contributed by atoms with Gasteiger partial charge in [-0.25, -0.2) is 9.96 Å². The van der Waals surface area contributed by atoms with E-state index < -0.39 is 34.8 Å². The number of non-ortho nitro benzene ring substituents is 1. The molecule has 0 spiro atoms. The summed E-state index contributed by atoms with van der Waals surface area (Å²) >= 11 is 6.12. The molecule has 12 heteroatoms. The van der Waals surface area contributed by atoms with E-state index in [1.54, 1.807) is 36.4 Å². The fraction of sp³-hybridized carbons (Fsp3) is 0.231. The molecule has 3 aromatic carbocycles. The topological polar surface area (TPSA) is 121 Å². The van der Waals surface area contributed by atoms with Crippen molar-refractivity contribution < 1.29 is 33.6 Å². The summed E-state index contributed by atoms with van der Waals surface area (Å²) in [7, 11) is 4.36. The van der Waals surface area contributed by atoms with Crippen molar-refractivity contribution >= 4 is 40.5 Å². The second kappa shape index (κ2) is 9.84. The fourth-order valence-electron chi connectivity index (χ4n) is 4.92. The molecule has 3 atom stereocenters. The number of anilines is 2. The number of nitro groups is 1. The van der Waals surface area contributed by atoms with Crippen LogP contribution in [0.15, 0.2) is 60.7 Å². The van der Waals surface area contributed by atoms with Crippen LogP contribution in [0.1, 0.15) is 11.6 Å². The number of fused-ring (bicyclic) bond motifs is 1. The first-order valence-corrected chi connectivity index (χ1v) is 11.8. The molecule has 2 fully saturated rings. The normalized spacial score (nSPS) is 20.5. The molecule has 2 aliphatic rings. The van der Waals surface area contributed by atoms with Gasteiger partial charge in [-0.1, -0.05) is 23.7 Å². The number of hydroxylamine groups is 1. The molecular formula is C26H22ClN3O8. The Balaban J connectivity index is 1.68. The third-order valence-electron chi connectivity index (χ3n) is 6.53. The van der Waals surface area contributed by atoms with Crippen molar-refractivity contribution in [2.75, 3.05) is 31.3 Å². The number of rotatable bonds is 7. The van der Waals surface area contributed by atoms with Crippen molar-refractivity contribution in [3.05, 3.63) is 81.4 Å². The largest absolute Gasteiger partial charge is 0.493 e. The van der Waals surface area contributed by atoms with Gasteiger partial charge in [0.15, 0.2) is 17.6 Å². The predicted octanol–water partition coefficient (Wildman–Crippen LogP) is 4.33. The zero-order chi connectivity index (χ0) is 27.1. The van der Waals surface area contributed by atoms with Crippen LogP contribution in [0.2, 0.25) is 5.02 Å². The number of benzene rings is 3. The van der Waals surface area contributed by atoms with E-state index in [9.17, 15) is 19.7 Å². The minimum Gasteiger partial charge on any atom is -0.493 e. The van der Waals surface area contributed by atoms with Gasteiger partial charge in [-0.15, -0.1) is 0 Å². The van der Waals surface area contributed by atoms with Crippen LogP contribution in [0.25, 0.3) is 0 Å². The van der Waals surface area contributed by atoms with Gasteiger partial charge in [0.1, 0.15) is 12.0 Å². The van der Waals surface area contributed by atoms with E-state index in [0.717, 1.165) is 4.90 Å². The first-order chi connectivity index (χ1) is 18.3. The van der Waals surface area contributed by atoms with Gasteiger partial charge in [-0.05, 0) is 36.4 Å². The van der Waals surface area contributed by atoms with Gasteiger partial charge in [0.05, 0.1) is 37.6 Å². The van der Waals surface area contributed by atoms with Crippen LogP contribution in [0, 0.1) is 16.0 Å². The SMILES string of the molecule is COc1ccc([C@@H]2[C@H]3C(=O)N(c4cccc(Cl)c4)C(=O)[C@H]3ON2c2cccc([N+](=O)[O-])c2)c(OC)c1OC. The first kappa shape index (κ1) is 25.3. The molecular weight excluding hydrogens is 518 g/mol. The molecule has 0 aromatic heterocycles. The maximum Gasteiger partial charge on any atom is 0.271 e. The number of amides is 2. The number of nitrogens with zero attached hydrogens (tertiary/aromatic N) is 3. The number of hydrogen-bond donors (Lipinski definition) is 0. The predicted molar refractivity (Wildman–Crippen MR) is 137 cm³/mol. The number of carbonyl (C=O) groups excluding carboxylic acids is 2. The van der Waals surface area contributed by atoms with E-state index in [-0.39, 0.29) is 22.9 Å². The zero-order valence-corrected chi connectivity index (χ0v) is 21.2. The average molecular weight is 540 g/mol. The second-order valence-electron chi connectivity index (χ2n) is 8.51. The summed E-state index contributed by atoms with van der Waals surface area (Å²) in [6, 6.07) is 14.5. The van der Waals surface area contributed by atoms with E-state index in [4.69, 9.17) is 30.6 Å². The molecule has 0 bridgehead atoms. The van der Waals surface area contributed by atoms with Crippen LogP contribution < -0.4 is 24.2 Å². The number of imide groups is 1. The lowest BCUT2D eigenvalue weighted by Crippen LogP contribution is -2.37. The van der Waals surface area contributed by atoms with E-state index in [1.807, 2.05) is 0 Å². The van der Waals surface area contributed by atoms with Gasteiger partial charge >= 0.3 is 0 Å². The molecule has 0 N–H and O–H groups in total. The van der Waals surface area contributed by atoms with Crippen molar-refractivity contribution in [3.8, 4) is 17.2 Å². The minimum absolute atomic E-state index is 0.181. The lowest BCUT2D eigenvalue weighted by atomic mass is 9.89. The Hall–Kier alpha value is -4.35. The molecule has 0 radical (unpaired) electrons. The van der Waals surface area contributed by atoms with Crippen molar-refractivity contribution in [3.63, 3.8) is 0 Å². The Morgan fingerprint density at radius 3 is 2.26 bits per heavy atom. The Bertz CT molecular complexity index is 1450. The summed E-state index contributed by atoms with van der Waals surface area (Å²) in [6.07, 6.45) is -1.21. The van der Waals surface area contributed by atoms with Crippen molar-refractivity contribution in [1.29, 1.82) is 0 Å². The lowest BCUT2D eigenvalue weighted by molar-refractivity contribution is -0.384. The van der Waals surface area contributed by atoms with Gasteiger partial charge in [0.25, 0.3) is 11.6 Å². The van der Waals surface area contributed by atoms with Gasteiger partial charge < -0.3 is 14.2 Å². The van der Waals surface area contributed by atoms with Crippen LogP contribution in [-0.2, 0) is 14.4 Å². The van der Waals surface area contributed by atoms with Gasteiger partial charge in [-0.3, -0.25) is 24.5 Å². The second-order valence-corrected chi connectivity index (χ2v) is 8.95. The zero-order valence-electron chi connectivity index (χ0n) is 20.5. The van der Waals surface area contributed by atoms with Gasteiger partial charge in [0.2, 0.25) is 11.7 Å². The molecule has 0 aliphatic carbocycles. The van der Waals surface area contributed by atoms with E-state index >= 15 is 0 Å².